The van der Waals surface area contributed by atoms with Crippen LogP contribution in [-0.2, 0) is 0 Å². The van der Waals surface area contributed by atoms with Crippen LogP contribution in [0.25, 0.3) is 0 Å². The summed E-state index contributed by atoms with van der Waals surface area (Å²) in [6, 6.07) is 0. The summed E-state index contributed by atoms with van der Waals surface area (Å²) in [4.78, 5) is 9.82. The van der Waals surface area contributed by atoms with Gasteiger partial charge in [0.25, 0.3) is 0 Å². The molecule has 3 nitrogen and oxygen atoms in total. The Morgan fingerprint density at radius 3 is 2.58 bits per heavy atom. The smallest absolute Gasteiger partial charge is 0.239 e. The second-order valence-electron chi connectivity index (χ2n) is 2.95. The van der Waals surface area contributed by atoms with Gasteiger partial charge in [-0.05, 0) is 18.9 Å². The summed E-state index contributed by atoms with van der Waals surface area (Å²) < 4.78 is 0. The molecule has 0 spiro atoms. The van der Waals surface area contributed by atoms with Crippen molar-refractivity contribution in [2.75, 3.05) is 0 Å². The Balaban J connectivity index is 3.40. The van der Waals surface area contributed by atoms with E-state index in [1.54, 1.807) is 13.0 Å². The maximum Gasteiger partial charge on any atom is 0.239 e. The van der Waals surface area contributed by atoms with Crippen LogP contribution in [0.2, 0.25) is 0 Å². The molecule has 0 bridgehead atoms. The molecule has 0 saturated carbocycles. The zero-order valence-corrected chi connectivity index (χ0v) is 7.88. The maximum atomic E-state index is 10.2. The summed E-state index contributed by atoms with van der Waals surface area (Å²) in [5.41, 5.74) is 0.270. The fourth-order valence-corrected chi connectivity index (χ4v) is 0.957. The molecule has 3 heteroatoms. The summed E-state index contributed by atoms with van der Waals surface area (Å²) in [6.07, 6.45) is 7.22. The molecule has 0 aliphatic rings. The van der Waals surface area contributed by atoms with E-state index < -0.39 is 0 Å². The molecule has 0 amide bonds. The minimum Gasteiger partial charge on any atom is -0.259 e. The largest absolute Gasteiger partial charge is 0.259 e. The molecule has 0 aliphatic carbocycles. The maximum absolute atomic E-state index is 10.2. The molecule has 0 aromatic carbocycles. The summed E-state index contributed by atoms with van der Waals surface area (Å²) in [5.74, 6) is 0. The lowest BCUT2D eigenvalue weighted by atomic mass is 10.1. The SMILES string of the molecule is CCCCCCC=C(C)[N+](=O)[O-]. The van der Waals surface area contributed by atoms with E-state index in [0.717, 1.165) is 12.8 Å². The van der Waals surface area contributed by atoms with Crippen molar-refractivity contribution >= 4 is 0 Å². The van der Waals surface area contributed by atoms with Crippen LogP contribution in [0, 0.1) is 10.1 Å². The van der Waals surface area contributed by atoms with Crippen molar-refractivity contribution in [2.24, 2.45) is 0 Å². The minimum absolute atomic E-state index is 0.270. The number of nitro groups is 1. The Hall–Kier alpha value is -0.860. The number of hydrogen-bond donors (Lipinski definition) is 0. The Bertz CT molecular complexity index is 164. The Kier molecular flexibility index (Phi) is 6.34. The quantitative estimate of drug-likeness (QED) is 0.350. The van der Waals surface area contributed by atoms with Gasteiger partial charge >= 0.3 is 0 Å². The molecule has 12 heavy (non-hydrogen) atoms. The molecule has 0 aromatic heterocycles. The fourth-order valence-electron chi connectivity index (χ4n) is 0.957. The van der Waals surface area contributed by atoms with E-state index in [2.05, 4.69) is 6.92 Å². The molecule has 0 atom stereocenters. The molecule has 0 N–H and O–H groups in total. The molecular weight excluding hydrogens is 154 g/mol. The van der Waals surface area contributed by atoms with Crippen LogP contribution in [-0.4, -0.2) is 4.92 Å². The number of nitrogens with zero attached hydrogens (tertiary/aromatic N) is 1. The van der Waals surface area contributed by atoms with E-state index in [0.29, 0.717) is 0 Å². The van der Waals surface area contributed by atoms with E-state index >= 15 is 0 Å². The monoisotopic (exact) mass is 171 g/mol. The Morgan fingerprint density at radius 2 is 2.08 bits per heavy atom. The van der Waals surface area contributed by atoms with Crippen molar-refractivity contribution in [1.29, 1.82) is 0 Å². The van der Waals surface area contributed by atoms with Crippen LogP contribution in [0.3, 0.4) is 0 Å². The molecule has 0 fully saturated rings. The average Bonchev–Trinajstić information content (AvgIpc) is 2.03. The normalized spacial score (nSPS) is 11.7. The van der Waals surface area contributed by atoms with Crippen molar-refractivity contribution in [3.8, 4) is 0 Å². The minimum atomic E-state index is -0.334. The highest BCUT2D eigenvalue weighted by Crippen LogP contribution is 2.05. The molecule has 0 rings (SSSR count). The number of hydrogen-bond acceptors (Lipinski definition) is 2. The van der Waals surface area contributed by atoms with Gasteiger partial charge in [-0.25, -0.2) is 0 Å². The van der Waals surface area contributed by atoms with Crippen molar-refractivity contribution in [2.45, 2.75) is 46.0 Å². The van der Waals surface area contributed by atoms with Gasteiger partial charge in [0.05, 0.1) is 4.92 Å². The Labute approximate surface area is 73.6 Å². The lowest BCUT2D eigenvalue weighted by molar-refractivity contribution is -0.424. The summed E-state index contributed by atoms with van der Waals surface area (Å²) in [6.45, 7) is 3.69. The van der Waals surface area contributed by atoms with E-state index in [-0.39, 0.29) is 10.6 Å². The number of unbranched alkanes of at least 4 members (excludes halogenated alkanes) is 4. The first kappa shape index (κ1) is 11.1. The Morgan fingerprint density at radius 1 is 1.42 bits per heavy atom. The van der Waals surface area contributed by atoms with Crippen LogP contribution in [0.5, 0.6) is 0 Å². The van der Waals surface area contributed by atoms with Gasteiger partial charge < -0.3 is 0 Å². The highest BCUT2D eigenvalue weighted by Gasteiger charge is 1.98. The summed E-state index contributed by atoms with van der Waals surface area (Å²) >= 11 is 0. The van der Waals surface area contributed by atoms with E-state index in [1.807, 2.05) is 0 Å². The van der Waals surface area contributed by atoms with Gasteiger partial charge in [0.1, 0.15) is 0 Å². The van der Waals surface area contributed by atoms with E-state index in [4.69, 9.17) is 0 Å². The molecule has 0 saturated heterocycles. The summed E-state index contributed by atoms with van der Waals surface area (Å²) in [5, 5.41) is 10.2. The van der Waals surface area contributed by atoms with Crippen LogP contribution in [0.15, 0.2) is 11.8 Å². The third kappa shape index (κ3) is 5.89. The molecule has 0 radical (unpaired) electrons. The highest BCUT2D eigenvalue weighted by atomic mass is 16.6. The van der Waals surface area contributed by atoms with Gasteiger partial charge in [0, 0.05) is 6.92 Å². The van der Waals surface area contributed by atoms with Gasteiger partial charge in [0.2, 0.25) is 5.70 Å². The lowest BCUT2D eigenvalue weighted by Crippen LogP contribution is -1.92. The third-order valence-corrected chi connectivity index (χ3v) is 1.79. The van der Waals surface area contributed by atoms with Crippen LogP contribution >= 0.6 is 0 Å². The molecule has 0 unspecified atom stereocenters. The second kappa shape index (κ2) is 6.83. The first-order chi connectivity index (χ1) is 5.68. The third-order valence-electron chi connectivity index (χ3n) is 1.79. The molecule has 0 aromatic rings. The van der Waals surface area contributed by atoms with Crippen molar-refractivity contribution < 1.29 is 4.92 Å². The zero-order chi connectivity index (χ0) is 9.40. The standard InChI is InChI=1S/C9H17NO2/c1-3-4-5-6-7-8-9(2)10(11)12/h8H,3-7H2,1-2H3. The second-order valence-corrected chi connectivity index (χ2v) is 2.95. The van der Waals surface area contributed by atoms with Crippen molar-refractivity contribution in [3.05, 3.63) is 21.9 Å². The highest BCUT2D eigenvalue weighted by molar-refractivity contribution is 4.86. The van der Waals surface area contributed by atoms with Crippen LogP contribution in [0.4, 0.5) is 0 Å². The van der Waals surface area contributed by atoms with Gasteiger partial charge in [0.15, 0.2) is 0 Å². The van der Waals surface area contributed by atoms with Gasteiger partial charge in [-0.1, -0.05) is 26.2 Å². The molecule has 0 aliphatic heterocycles. The molecular formula is C9H17NO2. The van der Waals surface area contributed by atoms with Crippen molar-refractivity contribution in [1.82, 2.24) is 0 Å². The first-order valence-electron chi connectivity index (χ1n) is 4.49. The summed E-state index contributed by atoms with van der Waals surface area (Å²) in [7, 11) is 0. The van der Waals surface area contributed by atoms with Gasteiger partial charge in [-0.15, -0.1) is 0 Å². The molecule has 70 valence electrons. The number of allylic oxidation sites excluding steroid dienone is 2. The topological polar surface area (TPSA) is 43.1 Å². The van der Waals surface area contributed by atoms with E-state index in [1.165, 1.54) is 19.3 Å². The first-order valence-corrected chi connectivity index (χ1v) is 4.49. The fraction of sp³-hybridized carbons (Fsp3) is 0.778. The van der Waals surface area contributed by atoms with Crippen molar-refractivity contribution in [3.63, 3.8) is 0 Å². The predicted octanol–water partition coefficient (Wildman–Crippen LogP) is 3.14. The average molecular weight is 171 g/mol. The van der Waals surface area contributed by atoms with Crippen LogP contribution < -0.4 is 0 Å². The lowest BCUT2D eigenvalue weighted by Gasteiger charge is -1.94. The zero-order valence-electron chi connectivity index (χ0n) is 7.88. The van der Waals surface area contributed by atoms with Gasteiger partial charge in [-0.2, -0.15) is 0 Å². The van der Waals surface area contributed by atoms with Gasteiger partial charge in [-0.3, -0.25) is 10.1 Å². The number of rotatable bonds is 6. The van der Waals surface area contributed by atoms with E-state index in [9.17, 15) is 10.1 Å². The predicted molar refractivity (Wildman–Crippen MR) is 49.5 cm³/mol. The molecule has 0 heterocycles. The van der Waals surface area contributed by atoms with Crippen LogP contribution in [0.1, 0.15) is 46.0 Å².